The van der Waals surface area contributed by atoms with Gasteiger partial charge in [0.1, 0.15) is 6.10 Å². The highest BCUT2D eigenvalue weighted by Gasteiger charge is 2.33. The van der Waals surface area contributed by atoms with E-state index in [9.17, 15) is 18.3 Å². The zero-order valence-corrected chi connectivity index (χ0v) is 13.5. The molecule has 1 aliphatic heterocycles. The van der Waals surface area contributed by atoms with Crippen molar-refractivity contribution in [2.24, 2.45) is 0 Å². The van der Waals surface area contributed by atoms with E-state index in [0.717, 1.165) is 11.8 Å². The van der Waals surface area contributed by atoms with Crippen molar-refractivity contribution >= 4 is 16.2 Å². The van der Waals surface area contributed by atoms with Gasteiger partial charge in [-0.2, -0.15) is 13.9 Å². The summed E-state index contributed by atoms with van der Waals surface area (Å²) >= 11 is 0. The molecule has 0 aromatic heterocycles. The Morgan fingerprint density at radius 2 is 2.00 bits per heavy atom. The minimum absolute atomic E-state index is 0.139. The first-order valence-corrected chi connectivity index (χ1v) is 8.32. The van der Waals surface area contributed by atoms with Gasteiger partial charge in [0.25, 0.3) is 0 Å². The predicted molar refractivity (Wildman–Crippen MR) is 80.0 cm³/mol. The van der Waals surface area contributed by atoms with E-state index in [0.29, 0.717) is 0 Å². The third kappa shape index (κ3) is 4.45. The molecule has 1 amide bonds. The Kier molecular flexibility index (Phi) is 5.78. The van der Waals surface area contributed by atoms with E-state index in [-0.39, 0.29) is 4.90 Å². The van der Waals surface area contributed by atoms with Crippen LogP contribution < -0.4 is 5.48 Å². The summed E-state index contributed by atoms with van der Waals surface area (Å²) in [5, 5.41) is 18.8. The number of nitrogens with one attached hydrogen (secondary N) is 1. The molecule has 1 aromatic rings. The number of hydrogen-bond donors (Lipinski definition) is 3. The van der Waals surface area contributed by atoms with Crippen LogP contribution in [0.2, 0.25) is 0 Å². The molecule has 0 saturated heterocycles. The molecule has 10 heteroatoms. The lowest BCUT2D eigenvalue weighted by atomic mass is 10.1. The molecule has 3 N–H and O–H groups in total. The monoisotopic (exact) mass is 359 g/mol. The first-order valence-electron chi connectivity index (χ1n) is 6.91. The smallest absolute Gasteiger partial charge is 0.433 e. The van der Waals surface area contributed by atoms with E-state index in [4.69, 9.17) is 14.6 Å². The third-order valence-corrected chi connectivity index (χ3v) is 4.36. The normalized spacial score (nSPS) is 23.4. The summed E-state index contributed by atoms with van der Waals surface area (Å²) in [4.78, 5) is 11.5. The number of rotatable bonds is 5. The van der Waals surface area contributed by atoms with Crippen LogP contribution in [0.25, 0.3) is 0 Å². The van der Waals surface area contributed by atoms with Crippen molar-refractivity contribution in [2.75, 3.05) is 6.61 Å². The van der Waals surface area contributed by atoms with Crippen LogP contribution in [0, 0.1) is 6.92 Å². The van der Waals surface area contributed by atoms with Gasteiger partial charge in [0, 0.05) is 0 Å². The zero-order valence-electron chi connectivity index (χ0n) is 12.7. The lowest BCUT2D eigenvalue weighted by Gasteiger charge is -2.29. The van der Waals surface area contributed by atoms with Crippen LogP contribution in [0.1, 0.15) is 5.56 Å². The van der Waals surface area contributed by atoms with Crippen LogP contribution in [0.4, 0.5) is 4.79 Å². The summed E-state index contributed by atoms with van der Waals surface area (Å²) in [5.41, 5.74) is 2.50. The zero-order chi connectivity index (χ0) is 17.7. The van der Waals surface area contributed by atoms with Crippen molar-refractivity contribution in [2.45, 2.75) is 30.1 Å². The van der Waals surface area contributed by atoms with Crippen LogP contribution in [-0.4, -0.2) is 49.6 Å². The molecule has 24 heavy (non-hydrogen) atoms. The topological polar surface area (TPSA) is 131 Å². The Bertz CT molecular complexity index is 700. The van der Waals surface area contributed by atoms with Crippen LogP contribution in [0.3, 0.4) is 0 Å². The Morgan fingerprint density at radius 1 is 1.33 bits per heavy atom. The van der Waals surface area contributed by atoms with Crippen molar-refractivity contribution in [1.82, 2.24) is 5.48 Å². The number of amides is 1. The van der Waals surface area contributed by atoms with Crippen molar-refractivity contribution in [1.29, 1.82) is 0 Å². The van der Waals surface area contributed by atoms with Crippen molar-refractivity contribution in [3.8, 4) is 0 Å². The molecule has 2 rings (SSSR count). The molecule has 3 atom stereocenters. The second-order valence-electron chi connectivity index (χ2n) is 5.00. The minimum Gasteiger partial charge on any atom is -0.493 e. The number of aliphatic hydroxyl groups is 2. The fourth-order valence-corrected chi connectivity index (χ4v) is 2.62. The molecule has 0 unspecified atom stereocenters. The lowest BCUT2D eigenvalue weighted by molar-refractivity contribution is -0.0860. The standard InChI is InChI=1S/C14H17NO8S/c1-9-2-4-10(5-3-9)24(19,20)23-15-14(18)22-11-6-7-21-12(8-16)13(11)17/h2-7,11-13,16-17H,8H2,1H3,(H,15,18)/t11-,12-,13+/m1/s1. The molecule has 0 fully saturated rings. The molecule has 0 radical (unpaired) electrons. The van der Waals surface area contributed by atoms with Crippen LogP contribution in [0.5, 0.6) is 0 Å². The van der Waals surface area contributed by atoms with Gasteiger partial charge in [-0.05, 0) is 25.1 Å². The van der Waals surface area contributed by atoms with Crippen LogP contribution in [0.15, 0.2) is 41.5 Å². The van der Waals surface area contributed by atoms with Gasteiger partial charge >= 0.3 is 16.2 Å². The molecule has 0 spiro atoms. The first kappa shape index (κ1) is 18.2. The maximum atomic E-state index is 11.9. The van der Waals surface area contributed by atoms with Crippen molar-refractivity contribution in [3.05, 3.63) is 42.2 Å². The number of hydrogen-bond acceptors (Lipinski definition) is 8. The lowest BCUT2D eigenvalue weighted by Crippen LogP contribution is -2.45. The quantitative estimate of drug-likeness (QED) is 0.625. The molecular weight excluding hydrogens is 342 g/mol. The highest BCUT2D eigenvalue weighted by atomic mass is 32.2. The van der Waals surface area contributed by atoms with E-state index >= 15 is 0 Å². The maximum Gasteiger partial charge on any atom is 0.433 e. The number of aryl methyl sites for hydroxylation is 1. The molecule has 1 aliphatic rings. The van der Waals surface area contributed by atoms with Crippen molar-refractivity contribution < 1.29 is 37.2 Å². The largest absolute Gasteiger partial charge is 0.493 e. The summed E-state index contributed by atoms with van der Waals surface area (Å²) in [6, 6.07) is 5.81. The SMILES string of the molecule is Cc1ccc(S(=O)(=O)ONC(=O)O[C@@H]2C=CO[C@H](CO)[C@H]2O)cc1. The molecule has 1 heterocycles. The predicted octanol–water partition coefficient (Wildman–Crippen LogP) is -0.0242. The maximum absolute atomic E-state index is 11.9. The molecule has 132 valence electrons. The number of carbonyl (C=O) groups is 1. The number of hydroxylamine groups is 1. The van der Waals surface area contributed by atoms with E-state index in [2.05, 4.69) is 4.28 Å². The molecule has 0 aliphatic carbocycles. The van der Waals surface area contributed by atoms with Gasteiger partial charge in [-0.3, -0.25) is 0 Å². The number of aliphatic hydroxyl groups excluding tert-OH is 2. The van der Waals surface area contributed by atoms with E-state index in [1.54, 1.807) is 24.5 Å². The number of carbonyl (C=O) groups excluding carboxylic acids is 1. The third-order valence-electron chi connectivity index (χ3n) is 3.21. The van der Waals surface area contributed by atoms with Gasteiger partial charge < -0.3 is 19.7 Å². The van der Waals surface area contributed by atoms with Gasteiger partial charge in [-0.25, -0.2) is 4.79 Å². The summed E-state index contributed by atoms with van der Waals surface area (Å²) in [5.74, 6) is 0. The fourth-order valence-electron chi connectivity index (χ4n) is 1.88. The molecule has 9 nitrogen and oxygen atoms in total. The second kappa shape index (κ2) is 7.62. The van der Waals surface area contributed by atoms with Gasteiger partial charge in [0.2, 0.25) is 0 Å². The van der Waals surface area contributed by atoms with Crippen LogP contribution >= 0.6 is 0 Å². The van der Waals surface area contributed by atoms with Gasteiger partial charge in [-0.1, -0.05) is 17.7 Å². The van der Waals surface area contributed by atoms with Crippen LogP contribution in [-0.2, 0) is 23.9 Å². The molecular formula is C14H17NO8S. The summed E-state index contributed by atoms with van der Waals surface area (Å²) in [6.45, 7) is 1.31. The molecule has 0 saturated carbocycles. The Balaban J connectivity index is 1.92. The van der Waals surface area contributed by atoms with Gasteiger partial charge in [0.15, 0.2) is 12.2 Å². The van der Waals surface area contributed by atoms with Gasteiger partial charge in [-0.15, -0.1) is 4.28 Å². The average Bonchev–Trinajstić information content (AvgIpc) is 2.55. The summed E-state index contributed by atoms with van der Waals surface area (Å²) in [7, 11) is -4.20. The first-order chi connectivity index (χ1) is 11.3. The summed E-state index contributed by atoms with van der Waals surface area (Å²) < 4.78 is 37.9. The number of ether oxygens (including phenoxy) is 2. The van der Waals surface area contributed by atoms with Crippen molar-refractivity contribution in [3.63, 3.8) is 0 Å². The second-order valence-corrected chi connectivity index (χ2v) is 6.55. The van der Waals surface area contributed by atoms with E-state index in [1.807, 2.05) is 0 Å². The average molecular weight is 359 g/mol. The Hall–Kier alpha value is -2.14. The molecule has 0 bridgehead atoms. The van der Waals surface area contributed by atoms with E-state index in [1.165, 1.54) is 18.2 Å². The summed E-state index contributed by atoms with van der Waals surface area (Å²) in [6.07, 6.45) is -2.20. The van der Waals surface area contributed by atoms with Gasteiger partial charge in [0.05, 0.1) is 17.8 Å². The fraction of sp³-hybridized carbons (Fsp3) is 0.357. The number of benzene rings is 1. The minimum atomic E-state index is -4.20. The Labute approximate surface area is 138 Å². The highest BCUT2D eigenvalue weighted by Crippen LogP contribution is 2.16. The van der Waals surface area contributed by atoms with E-state index < -0.39 is 41.1 Å². The highest BCUT2D eigenvalue weighted by molar-refractivity contribution is 7.86. The molecule has 1 aromatic carbocycles. The Morgan fingerprint density at radius 3 is 2.62 bits per heavy atom.